The Balaban J connectivity index is 2.00. The van der Waals surface area contributed by atoms with Crippen molar-refractivity contribution in [2.24, 2.45) is 0 Å². The van der Waals surface area contributed by atoms with E-state index in [1.807, 2.05) is 11.4 Å². The maximum atomic E-state index is 11.9. The van der Waals surface area contributed by atoms with Gasteiger partial charge < -0.3 is 5.32 Å². The normalized spacial score (nSPS) is 9.83. The molecule has 0 unspecified atom stereocenters. The maximum absolute atomic E-state index is 11.9. The highest BCUT2D eigenvalue weighted by molar-refractivity contribution is 9.10. The van der Waals surface area contributed by atoms with Crippen molar-refractivity contribution in [2.45, 2.75) is 0 Å². The van der Waals surface area contributed by atoms with Crippen LogP contribution in [0, 0.1) is 0 Å². The third kappa shape index (κ3) is 3.34. The Morgan fingerprint density at radius 2 is 2.17 bits per heavy atom. The number of rotatable bonds is 2. The Labute approximate surface area is 122 Å². The molecule has 0 saturated carbocycles. The van der Waals surface area contributed by atoms with Gasteiger partial charge >= 0.3 is 0 Å². The van der Waals surface area contributed by atoms with Crippen LogP contribution in [0.3, 0.4) is 0 Å². The molecule has 0 saturated heterocycles. The monoisotopic (exact) mass is 341 g/mol. The Hall–Kier alpha value is -1.31. The van der Waals surface area contributed by atoms with E-state index in [-0.39, 0.29) is 11.0 Å². The van der Waals surface area contributed by atoms with Gasteiger partial charge in [0.25, 0.3) is 5.91 Å². The van der Waals surface area contributed by atoms with Crippen LogP contribution < -0.4 is 10.6 Å². The van der Waals surface area contributed by atoms with Crippen LogP contribution in [0.15, 0.2) is 40.3 Å². The fraction of sp³-hybridized carbons (Fsp3) is 0. The van der Waals surface area contributed by atoms with Gasteiger partial charge in [0, 0.05) is 16.0 Å². The summed E-state index contributed by atoms with van der Waals surface area (Å²) in [5.41, 5.74) is 0.529. The molecule has 0 spiro atoms. The van der Waals surface area contributed by atoms with Gasteiger partial charge in [-0.05, 0) is 40.3 Å². The van der Waals surface area contributed by atoms with E-state index in [0.717, 1.165) is 4.47 Å². The molecule has 1 aromatic carbocycles. The Morgan fingerprint density at radius 1 is 1.39 bits per heavy atom. The highest BCUT2D eigenvalue weighted by Gasteiger charge is 2.11. The number of nitrogens with zero attached hydrogens (tertiary/aromatic N) is 1. The lowest BCUT2D eigenvalue weighted by molar-refractivity contribution is 0.0977. The molecule has 0 atom stereocenters. The molecule has 0 aliphatic carbocycles. The van der Waals surface area contributed by atoms with Crippen LogP contribution in [0.5, 0.6) is 0 Å². The van der Waals surface area contributed by atoms with Crippen LogP contribution in [0.4, 0.5) is 5.13 Å². The standard InChI is InChI=1S/C11H8BrN3OS2/c12-8-4-2-1-3-7(8)9(16)14-10(17)15-11-13-5-6-18-11/h1-6H,(H2,13,14,15,16,17). The molecule has 2 N–H and O–H groups in total. The van der Waals surface area contributed by atoms with E-state index in [1.165, 1.54) is 11.3 Å². The molecular weight excluding hydrogens is 334 g/mol. The number of hydrogen-bond acceptors (Lipinski definition) is 4. The molecule has 7 heteroatoms. The van der Waals surface area contributed by atoms with E-state index in [4.69, 9.17) is 12.2 Å². The van der Waals surface area contributed by atoms with Gasteiger partial charge in [0.05, 0.1) is 5.56 Å². The average Bonchev–Trinajstić information content (AvgIpc) is 2.82. The average molecular weight is 342 g/mol. The summed E-state index contributed by atoms with van der Waals surface area (Å²) in [7, 11) is 0. The van der Waals surface area contributed by atoms with Crippen LogP contribution in [0.1, 0.15) is 10.4 Å². The van der Waals surface area contributed by atoms with Crippen molar-refractivity contribution < 1.29 is 4.79 Å². The van der Waals surface area contributed by atoms with E-state index >= 15 is 0 Å². The SMILES string of the molecule is O=C(NC(=S)Nc1nccs1)c1ccccc1Br. The highest BCUT2D eigenvalue weighted by atomic mass is 79.9. The van der Waals surface area contributed by atoms with E-state index < -0.39 is 0 Å². The molecule has 2 rings (SSSR count). The fourth-order valence-electron chi connectivity index (χ4n) is 1.23. The summed E-state index contributed by atoms with van der Waals surface area (Å²) in [4.78, 5) is 15.9. The maximum Gasteiger partial charge on any atom is 0.258 e. The smallest absolute Gasteiger partial charge is 0.258 e. The first kappa shape index (κ1) is 13.1. The van der Waals surface area contributed by atoms with Crippen molar-refractivity contribution in [1.29, 1.82) is 0 Å². The number of thiazole rings is 1. The van der Waals surface area contributed by atoms with Gasteiger partial charge in [0.1, 0.15) is 0 Å². The van der Waals surface area contributed by atoms with Gasteiger partial charge in [-0.3, -0.25) is 10.1 Å². The quantitative estimate of drug-likeness (QED) is 0.824. The molecule has 0 aliphatic rings. The van der Waals surface area contributed by atoms with Crippen LogP contribution in [-0.4, -0.2) is 16.0 Å². The molecule has 92 valence electrons. The zero-order valence-corrected chi connectivity index (χ0v) is 12.2. The molecule has 18 heavy (non-hydrogen) atoms. The predicted octanol–water partition coefficient (Wildman–Crippen LogP) is 3.03. The van der Waals surface area contributed by atoms with Gasteiger partial charge in [-0.15, -0.1) is 11.3 Å². The molecule has 1 amide bonds. The molecular formula is C11H8BrN3OS2. The van der Waals surface area contributed by atoms with E-state index in [9.17, 15) is 4.79 Å². The van der Waals surface area contributed by atoms with Gasteiger partial charge in [-0.1, -0.05) is 12.1 Å². The second-order valence-corrected chi connectivity index (χ2v) is 5.38. The van der Waals surface area contributed by atoms with Crippen molar-refractivity contribution in [3.63, 3.8) is 0 Å². The lowest BCUT2D eigenvalue weighted by atomic mass is 10.2. The Bertz CT molecular complexity index is 571. The van der Waals surface area contributed by atoms with Gasteiger partial charge in [0.15, 0.2) is 10.2 Å². The zero-order chi connectivity index (χ0) is 13.0. The van der Waals surface area contributed by atoms with Crippen LogP contribution in [0.2, 0.25) is 0 Å². The molecule has 2 aromatic rings. The minimum atomic E-state index is -0.267. The third-order valence-corrected chi connectivity index (χ3v) is 3.58. The van der Waals surface area contributed by atoms with Crippen molar-refractivity contribution in [3.8, 4) is 0 Å². The van der Waals surface area contributed by atoms with Crippen LogP contribution >= 0.6 is 39.5 Å². The van der Waals surface area contributed by atoms with Gasteiger partial charge in [-0.2, -0.15) is 0 Å². The van der Waals surface area contributed by atoms with E-state index in [0.29, 0.717) is 10.7 Å². The molecule has 0 aliphatic heterocycles. The Morgan fingerprint density at radius 3 is 2.83 bits per heavy atom. The number of anilines is 1. The third-order valence-electron chi connectivity index (χ3n) is 2.00. The number of amides is 1. The molecule has 4 nitrogen and oxygen atoms in total. The number of nitrogens with one attached hydrogen (secondary N) is 2. The molecule has 0 radical (unpaired) electrons. The van der Waals surface area contributed by atoms with Gasteiger partial charge in [-0.25, -0.2) is 4.98 Å². The predicted molar refractivity (Wildman–Crippen MR) is 79.9 cm³/mol. The summed E-state index contributed by atoms with van der Waals surface area (Å²) >= 11 is 9.75. The molecule has 1 heterocycles. The van der Waals surface area contributed by atoms with Crippen molar-refractivity contribution in [3.05, 3.63) is 45.9 Å². The lowest BCUT2D eigenvalue weighted by Crippen LogP contribution is -2.34. The first-order valence-electron chi connectivity index (χ1n) is 4.93. The van der Waals surface area contributed by atoms with E-state index in [1.54, 1.807) is 24.4 Å². The lowest BCUT2D eigenvalue weighted by Gasteiger charge is -2.08. The molecule has 0 bridgehead atoms. The Kier molecular flexibility index (Phi) is 4.40. The van der Waals surface area contributed by atoms with Crippen LogP contribution in [-0.2, 0) is 0 Å². The zero-order valence-electron chi connectivity index (χ0n) is 9.01. The molecule has 1 aromatic heterocycles. The number of carbonyl (C=O) groups excluding carboxylic acids is 1. The first-order valence-corrected chi connectivity index (χ1v) is 7.01. The summed E-state index contributed by atoms with van der Waals surface area (Å²) < 4.78 is 0.722. The number of carbonyl (C=O) groups is 1. The number of aromatic nitrogens is 1. The number of thiocarbonyl (C=S) groups is 1. The molecule has 0 fully saturated rings. The van der Waals surface area contributed by atoms with Crippen molar-refractivity contribution >= 4 is 55.6 Å². The fourth-order valence-corrected chi connectivity index (χ4v) is 2.48. The van der Waals surface area contributed by atoms with Crippen molar-refractivity contribution in [2.75, 3.05) is 5.32 Å². The summed E-state index contributed by atoms with van der Waals surface area (Å²) in [6.07, 6.45) is 1.66. The summed E-state index contributed by atoms with van der Waals surface area (Å²) in [5.74, 6) is -0.267. The highest BCUT2D eigenvalue weighted by Crippen LogP contribution is 2.15. The van der Waals surface area contributed by atoms with Gasteiger partial charge in [0.2, 0.25) is 0 Å². The van der Waals surface area contributed by atoms with Crippen LogP contribution in [0.25, 0.3) is 0 Å². The minimum absolute atomic E-state index is 0.228. The second-order valence-electron chi connectivity index (χ2n) is 3.23. The first-order chi connectivity index (χ1) is 8.66. The van der Waals surface area contributed by atoms with E-state index in [2.05, 4.69) is 31.5 Å². The topological polar surface area (TPSA) is 54.0 Å². The van der Waals surface area contributed by atoms with Crippen molar-refractivity contribution in [1.82, 2.24) is 10.3 Å². The minimum Gasteiger partial charge on any atom is -0.308 e. The largest absolute Gasteiger partial charge is 0.308 e. The number of halogens is 1. The summed E-state index contributed by atoms with van der Waals surface area (Å²) in [6, 6.07) is 7.14. The number of hydrogen-bond donors (Lipinski definition) is 2. The number of benzene rings is 1. The summed E-state index contributed by atoms with van der Waals surface area (Å²) in [5, 5.41) is 8.12. The summed E-state index contributed by atoms with van der Waals surface area (Å²) in [6.45, 7) is 0. The second kappa shape index (κ2) is 6.03.